The zero-order valence-electron chi connectivity index (χ0n) is 10.6. The predicted octanol–water partition coefficient (Wildman–Crippen LogP) is 2.61. The molecule has 0 aliphatic rings. The highest BCUT2D eigenvalue weighted by molar-refractivity contribution is 6.33. The molecule has 0 aliphatic heterocycles. The summed E-state index contributed by atoms with van der Waals surface area (Å²) in [4.78, 5) is 0. The maximum absolute atomic E-state index is 14.0. The van der Waals surface area contributed by atoms with Crippen LogP contribution in [0.15, 0.2) is 6.07 Å². The lowest BCUT2D eigenvalue weighted by Gasteiger charge is -2.31. The molecule has 0 heterocycles. The van der Waals surface area contributed by atoms with E-state index in [1.807, 2.05) is 13.8 Å². The zero-order valence-corrected chi connectivity index (χ0v) is 11.3. The SMILES string of the molecule is CCC(C)(CCO)Nc1c(N)cc(N)c(Cl)c1F. The second kappa shape index (κ2) is 5.63. The van der Waals surface area contributed by atoms with E-state index in [4.69, 9.17) is 28.2 Å². The van der Waals surface area contributed by atoms with Gasteiger partial charge >= 0.3 is 0 Å². The lowest BCUT2D eigenvalue weighted by molar-refractivity contribution is 0.251. The third-order valence-electron chi connectivity index (χ3n) is 3.14. The van der Waals surface area contributed by atoms with Gasteiger partial charge in [-0.15, -0.1) is 0 Å². The van der Waals surface area contributed by atoms with Crippen molar-refractivity contribution in [2.24, 2.45) is 0 Å². The third-order valence-corrected chi connectivity index (χ3v) is 3.52. The van der Waals surface area contributed by atoms with Crippen LogP contribution in [0.3, 0.4) is 0 Å². The Morgan fingerprint density at radius 3 is 2.56 bits per heavy atom. The zero-order chi connectivity index (χ0) is 13.9. The van der Waals surface area contributed by atoms with Crippen molar-refractivity contribution in [2.75, 3.05) is 23.4 Å². The molecule has 0 radical (unpaired) electrons. The number of aliphatic hydroxyl groups is 1. The summed E-state index contributed by atoms with van der Waals surface area (Å²) < 4.78 is 14.0. The molecule has 6 N–H and O–H groups in total. The standard InChI is InChI=1S/C12H19ClFN3O/c1-3-12(2,4-5-18)17-11-8(16)6-7(15)9(13)10(11)14/h6,17-18H,3-5,15-16H2,1-2H3. The smallest absolute Gasteiger partial charge is 0.169 e. The minimum Gasteiger partial charge on any atom is -0.397 e. The maximum Gasteiger partial charge on any atom is 0.169 e. The van der Waals surface area contributed by atoms with Gasteiger partial charge in [0.15, 0.2) is 5.82 Å². The number of nitrogen functional groups attached to an aromatic ring is 2. The molecule has 0 saturated carbocycles. The van der Waals surface area contributed by atoms with Crippen LogP contribution in [0.4, 0.5) is 21.5 Å². The number of benzene rings is 1. The first-order valence-corrected chi connectivity index (χ1v) is 6.14. The van der Waals surface area contributed by atoms with Crippen LogP contribution >= 0.6 is 11.6 Å². The molecule has 6 heteroatoms. The lowest BCUT2D eigenvalue weighted by Crippen LogP contribution is -2.35. The molecule has 0 spiro atoms. The summed E-state index contributed by atoms with van der Waals surface area (Å²) in [6.07, 6.45) is 1.18. The highest BCUT2D eigenvalue weighted by Crippen LogP contribution is 2.36. The maximum atomic E-state index is 14.0. The first-order chi connectivity index (χ1) is 8.34. The first-order valence-electron chi connectivity index (χ1n) is 5.76. The molecule has 4 nitrogen and oxygen atoms in total. The minimum atomic E-state index is -0.660. The van der Waals surface area contributed by atoms with E-state index in [0.717, 1.165) is 0 Å². The second-order valence-electron chi connectivity index (χ2n) is 4.57. The van der Waals surface area contributed by atoms with Crippen LogP contribution in [0.25, 0.3) is 0 Å². The molecule has 0 saturated heterocycles. The second-order valence-corrected chi connectivity index (χ2v) is 4.95. The fraction of sp³-hybridized carbons (Fsp3) is 0.500. The Kier molecular flexibility index (Phi) is 4.65. The fourth-order valence-corrected chi connectivity index (χ4v) is 1.82. The van der Waals surface area contributed by atoms with Gasteiger partial charge in [-0.3, -0.25) is 0 Å². The van der Waals surface area contributed by atoms with E-state index >= 15 is 0 Å². The summed E-state index contributed by atoms with van der Waals surface area (Å²) in [5.41, 5.74) is 11.3. The molecule has 102 valence electrons. The molecule has 1 rings (SSSR count). The van der Waals surface area contributed by atoms with Gasteiger partial charge in [0.1, 0.15) is 5.02 Å². The van der Waals surface area contributed by atoms with Crippen molar-refractivity contribution in [3.63, 3.8) is 0 Å². The number of hydrogen-bond acceptors (Lipinski definition) is 4. The van der Waals surface area contributed by atoms with Crippen LogP contribution in [0.5, 0.6) is 0 Å². The van der Waals surface area contributed by atoms with Crippen molar-refractivity contribution in [3.8, 4) is 0 Å². The summed E-state index contributed by atoms with van der Waals surface area (Å²) >= 11 is 5.76. The van der Waals surface area contributed by atoms with Gasteiger partial charge in [-0.25, -0.2) is 4.39 Å². The number of anilines is 3. The number of halogens is 2. The van der Waals surface area contributed by atoms with Gasteiger partial charge in [0.25, 0.3) is 0 Å². The summed E-state index contributed by atoms with van der Waals surface area (Å²) in [6, 6.07) is 1.42. The lowest BCUT2D eigenvalue weighted by atomic mass is 9.94. The Hall–Kier alpha value is -1.20. The average molecular weight is 276 g/mol. The highest BCUT2D eigenvalue weighted by atomic mass is 35.5. The summed E-state index contributed by atoms with van der Waals surface area (Å²) in [7, 11) is 0. The highest BCUT2D eigenvalue weighted by Gasteiger charge is 2.25. The number of nitrogens with two attached hydrogens (primary N) is 2. The van der Waals surface area contributed by atoms with Crippen molar-refractivity contribution in [1.82, 2.24) is 0 Å². The average Bonchev–Trinajstić information content (AvgIpc) is 2.32. The van der Waals surface area contributed by atoms with Gasteiger partial charge in [-0.1, -0.05) is 18.5 Å². The van der Waals surface area contributed by atoms with E-state index in [0.29, 0.717) is 12.8 Å². The van der Waals surface area contributed by atoms with Gasteiger partial charge in [0, 0.05) is 12.1 Å². The Morgan fingerprint density at radius 2 is 2.06 bits per heavy atom. The Bertz CT molecular complexity index is 442. The molecule has 1 aromatic rings. The minimum absolute atomic E-state index is 0.00156. The van der Waals surface area contributed by atoms with Crippen LogP contribution in [0.2, 0.25) is 5.02 Å². The summed E-state index contributed by atoms with van der Waals surface area (Å²) in [5, 5.41) is 11.9. The van der Waals surface area contributed by atoms with Gasteiger partial charge in [0.05, 0.1) is 17.1 Å². The van der Waals surface area contributed by atoms with Crippen LogP contribution in [-0.4, -0.2) is 17.3 Å². The number of aliphatic hydroxyl groups excluding tert-OH is 1. The Morgan fingerprint density at radius 1 is 1.44 bits per heavy atom. The molecule has 0 aromatic heterocycles. The van der Waals surface area contributed by atoms with Crippen molar-refractivity contribution in [3.05, 3.63) is 16.9 Å². The monoisotopic (exact) mass is 275 g/mol. The molecular weight excluding hydrogens is 257 g/mol. The van der Waals surface area contributed by atoms with Gasteiger partial charge in [0.2, 0.25) is 0 Å². The van der Waals surface area contributed by atoms with E-state index < -0.39 is 11.4 Å². The van der Waals surface area contributed by atoms with Crippen LogP contribution in [-0.2, 0) is 0 Å². The van der Waals surface area contributed by atoms with E-state index in [2.05, 4.69) is 5.32 Å². The molecule has 0 fully saturated rings. The molecule has 0 amide bonds. The van der Waals surface area contributed by atoms with E-state index in [1.165, 1.54) is 6.07 Å². The fourth-order valence-electron chi connectivity index (χ4n) is 1.67. The van der Waals surface area contributed by atoms with Gasteiger partial charge in [-0.2, -0.15) is 0 Å². The molecule has 18 heavy (non-hydrogen) atoms. The van der Waals surface area contributed by atoms with Gasteiger partial charge < -0.3 is 21.9 Å². The Labute approximate surface area is 111 Å². The van der Waals surface area contributed by atoms with Crippen molar-refractivity contribution >= 4 is 28.7 Å². The van der Waals surface area contributed by atoms with Crippen molar-refractivity contribution in [1.29, 1.82) is 0 Å². The van der Waals surface area contributed by atoms with Crippen LogP contribution in [0, 0.1) is 5.82 Å². The Balaban J connectivity index is 3.15. The van der Waals surface area contributed by atoms with Crippen LogP contribution in [0.1, 0.15) is 26.7 Å². The van der Waals surface area contributed by atoms with E-state index in [1.54, 1.807) is 0 Å². The number of hydrogen-bond donors (Lipinski definition) is 4. The summed E-state index contributed by atoms with van der Waals surface area (Å²) in [6.45, 7) is 3.82. The van der Waals surface area contributed by atoms with Crippen molar-refractivity contribution in [2.45, 2.75) is 32.2 Å². The molecule has 1 unspecified atom stereocenters. The number of nitrogens with one attached hydrogen (secondary N) is 1. The van der Waals surface area contributed by atoms with Gasteiger partial charge in [-0.05, 0) is 25.8 Å². The molecular formula is C12H19ClFN3O. The number of rotatable bonds is 5. The molecule has 0 bridgehead atoms. The summed E-state index contributed by atoms with van der Waals surface area (Å²) in [5.74, 6) is -0.660. The third kappa shape index (κ3) is 2.97. The molecule has 0 aliphatic carbocycles. The molecule has 1 aromatic carbocycles. The quantitative estimate of drug-likeness (QED) is 0.623. The first kappa shape index (κ1) is 14.9. The largest absolute Gasteiger partial charge is 0.397 e. The van der Waals surface area contributed by atoms with Crippen molar-refractivity contribution < 1.29 is 9.50 Å². The van der Waals surface area contributed by atoms with E-state index in [9.17, 15) is 4.39 Å². The van der Waals surface area contributed by atoms with Crippen LogP contribution < -0.4 is 16.8 Å². The normalized spacial score (nSPS) is 14.3. The molecule has 1 atom stereocenters. The van der Waals surface area contributed by atoms with E-state index in [-0.39, 0.29) is 28.7 Å². The topological polar surface area (TPSA) is 84.3 Å². The predicted molar refractivity (Wildman–Crippen MR) is 74.3 cm³/mol.